The van der Waals surface area contributed by atoms with Gasteiger partial charge in [0.05, 0.1) is 33.3 Å². The summed E-state index contributed by atoms with van der Waals surface area (Å²) in [5.74, 6) is 0.290. The highest BCUT2D eigenvalue weighted by Crippen LogP contribution is 2.73. The molecule has 0 bridgehead atoms. The maximum atomic E-state index is 4.82. The first kappa shape index (κ1) is 47.2. The van der Waals surface area contributed by atoms with Crippen LogP contribution in [0.3, 0.4) is 0 Å². The van der Waals surface area contributed by atoms with Gasteiger partial charge in [-0.25, -0.2) is 0 Å². The molecular weight excluding hydrogens is 939 g/mol. The molecule has 10 aromatic carbocycles. The van der Waals surface area contributed by atoms with Crippen molar-refractivity contribution in [3.8, 4) is 33.4 Å². The van der Waals surface area contributed by atoms with Gasteiger partial charge in [0.2, 0.25) is 0 Å². The molecule has 0 saturated carbocycles. The fourth-order valence-electron chi connectivity index (χ4n) is 14.3. The summed E-state index contributed by atoms with van der Waals surface area (Å²) in [4.78, 5) is 2.76. The summed E-state index contributed by atoms with van der Waals surface area (Å²) in [6.45, 7) is 9.31. The topological polar surface area (TPSA) is 3.24 Å². The molecule has 3 heterocycles. The van der Waals surface area contributed by atoms with Crippen LogP contribution in [0.15, 0.2) is 309 Å². The Morgan fingerprint density at radius 3 is 1.08 bits per heavy atom. The van der Waals surface area contributed by atoms with Gasteiger partial charge < -0.3 is 4.90 Å². The van der Waals surface area contributed by atoms with Crippen LogP contribution >= 0.6 is 0 Å². The van der Waals surface area contributed by atoms with Crippen molar-refractivity contribution in [2.75, 3.05) is 4.90 Å². The predicted molar refractivity (Wildman–Crippen MR) is 326 cm³/mol. The van der Waals surface area contributed by atoms with Gasteiger partial charge in [-0.05, 0) is 156 Å². The molecule has 0 fully saturated rings. The Morgan fingerprint density at radius 1 is 0.436 bits per heavy atom. The summed E-state index contributed by atoms with van der Waals surface area (Å²) >= 11 is 0. The highest BCUT2D eigenvalue weighted by atomic mass is 15.2. The van der Waals surface area contributed by atoms with Crippen LogP contribution < -0.4 is 4.90 Å². The standard InChI is InChI=1S/C77H59N/c1-4-6-36-60(5-2)75(65-45-28-29-53(3)46-65)66-47-57(54-30-14-7-15-31-54)49-68-72(66)78-73-67(75)48-58(55-32-16-8-17-33-55)50-69(73)77(63-41-24-12-25-42-63,64-43-26-13-27-44-64)71-52-59(56-34-18-9-19-35-56)51-70(74(71)78)76(68,61-37-20-10-21-38-61)62-39-22-11-23-40-62/h4-28,30-53H,2,29H2,1,3H3/b6-4-,60-36+. The molecule has 0 aromatic heterocycles. The van der Waals surface area contributed by atoms with Crippen molar-refractivity contribution < 1.29 is 0 Å². The van der Waals surface area contributed by atoms with Gasteiger partial charge in [-0.3, -0.25) is 0 Å². The van der Waals surface area contributed by atoms with Gasteiger partial charge in [0, 0.05) is 0 Å². The number of nitrogens with zero attached hydrogens (tertiary/aromatic N) is 1. The monoisotopic (exact) mass is 997 g/mol. The lowest BCUT2D eigenvalue weighted by molar-refractivity contribution is 0.639. The second kappa shape index (κ2) is 18.8. The van der Waals surface area contributed by atoms with E-state index >= 15 is 0 Å². The normalized spacial score (nSPS) is 16.8. The molecule has 10 aromatic rings. The predicted octanol–water partition coefficient (Wildman–Crippen LogP) is 19.4. The molecule has 1 unspecified atom stereocenters. The van der Waals surface area contributed by atoms with E-state index in [1.165, 1.54) is 112 Å². The Bertz CT molecular complexity index is 3770. The highest BCUT2D eigenvalue weighted by Gasteiger charge is 2.61. The Balaban J connectivity index is 1.33. The van der Waals surface area contributed by atoms with Crippen molar-refractivity contribution in [3.05, 3.63) is 365 Å². The van der Waals surface area contributed by atoms with E-state index in [4.69, 9.17) is 6.58 Å². The van der Waals surface area contributed by atoms with Crippen LogP contribution in [0.1, 0.15) is 75.9 Å². The van der Waals surface area contributed by atoms with Gasteiger partial charge >= 0.3 is 0 Å². The van der Waals surface area contributed by atoms with Crippen LogP contribution in [0, 0.1) is 5.92 Å². The molecule has 0 radical (unpaired) electrons. The molecule has 1 aliphatic carbocycles. The van der Waals surface area contributed by atoms with E-state index in [1.807, 2.05) is 0 Å². The molecule has 4 aliphatic rings. The van der Waals surface area contributed by atoms with Crippen LogP contribution in [-0.2, 0) is 16.2 Å². The van der Waals surface area contributed by atoms with Crippen LogP contribution in [-0.4, -0.2) is 0 Å². The first-order valence-electron chi connectivity index (χ1n) is 27.6. The summed E-state index contributed by atoms with van der Waals surface area (Å²) in [5, 5.41) is 0. The van der Waals surface area contributed by atoms with Gasteiger partial charge in [-0.1, -0.05) is 268 Å². The Labute approximate surface area is 459 Å². The van der Waals surface area contributed by atoms with Crippen LogP contribution in [0.25, 0.3) is 33.4 Å². The van der Waals surface area contributed by atoms with E-state index in [9.17, 15) is 0 Å². The lowest BCUT2D eigenvalue weighted by Crippen LogP contribution is -2.49. The minimum atomic E-state index is -0.885. The molecule has 78 heavy (non-hydrogen) atoms. The number of benzene rings is 10. The zero-order valence-corrected chi connectivity index (χ0v) is 44.2. The van der Waals surface area contributed by atoms with E-state index < -0.39 is 16.2 Å². The molecule has 0 amide bonds. The van der Waals surface area contributed by atoms with Crippen LogP contribution in [0.2, 0.25) is 0 Å². The molecule has 0 saturated heterocycles. The smallest absolute Gasteiger partial charge is 0.0743 e. The maximum absolute atomic E-state index is 4.82. The first-order valence-corrected chi connectivity index (χ1v) is 27.6. The molecule has 0 N–H and O–H groups in total. The van der Waals surface area contributed by atoms with Crippen LogP contribution in [0.5, 0.6) is 0 Å². The third kappa shape index (κ3) is 6.74. The van der Waals surface area contributed by atoms with Gasteiger partial charge in [-0.2, -0.15) is 0 Å². The molecule has 1 heteroatoms. The molecule has 14 rings (SSSR count). The second-order valence-corrected chi connectivity index (χ2v) is 21.5. The summed E-state index contributed by atoms with van der Waals surface area (Å²) < 4.78 is 0. The van der Waals surface area contributed by atoms with Gasteiger partial charge in [-0.15, -0.1) is 0 Å². The lowest BCUT2D eigenvalue weighted by atomic mass is 9.51. The molecule has 0 spiro atoms. The zero-order valence-electron chi connectivity index (χ0n) is 44.2. The number of anilines is 3. The Hall–Kier alpha value is -9.30. The van der Waals surface area contributed by atoms with Gasteiger partial charge in [0.1, 0.15) is 0 Å². The van der Waals surface area contributed by atoms with E-state index in [0.29, 0.717) is 0 Å². The SMILES string of the molecule is C=C/C(=C\C=C/C)C1(C2=CC(C)CC=C2)c2cc(-c3ccccc3)cc3c2N2c4c1cc(-c1ccccc1)cc4C(c1ccccc1)(c1ccccc1)c1cc(-c4ccccc4)cc(c12)C3(c1ccccc1)c1ccccc1. The summed E-state index contributed by atoms with van der Waals surface area (Å²) in [5.41, 5.74) is 22.7. The van der Waals surface area contributed by atoms with Crippen molar-refractivity contribution in [2.24, 2.45) is 5.92 Å². The summed E-state index contributed by atoms with van der Waals surface area (Å²) in [7, 11) is 0. The van der Waals surface area contributed by atoms with Crippen molar-refractivity contribution in [3.63, 3.8) is 0 Å². The van der Waals surface area contributed by atoms with Gasteiger partial charge in [0.25, 0.3) is 0 Å². The average Bonchev–Trinajstić information content (AvgIpc) is 1.02. The average molecular weight is 998 g/mol. The third-order valence-corrected chi connectivity index (χ3v) is 17.4. The van der Waals surface area contributed by atoms with Crippen molar-refractivity contribution >= 4 is 17.1 Å². The zero-order chi connectivity index (χ0) is 52.4. The minimum absolute atomic E-state index is 0.290. The second-order valence-electron chi connectivity index (χ2n) is 21.5. The fourth-order valence-corrected chi connectivity index (χ4v) is 14.3. The Kier molecular flexibility index (Phi) is 11.3. The Morgan fingerprint density at radius 2 is 0.756 bits per heavy atom. The fraction of sp³-hybridized carbons (Fsp3) is 0.0909. The molecule has 3 aliphatic heterocycles. The summed E-state index contributed by atoms with van der Waals surface area (Å²) in [6.07, 6.45) is 17.3. The molecular formula is C77H59N. The minimum Gasteiger partial charge on any atom is -0.308 e. The molecule has 1 atom stereocenters. The number of hydrogen-bond donors (Lipinski definition) is 0. The third-order valence-electron chi connectivity index (χ3n) is 17.4. The molecule has 372 valence electrons. The largest absolute Gasteiger partial charge is 0.308 e. The van der Waals surface area contributed by atoms with Crippen molar-refractivity contribution in [2.45, 2.75) is 36.5 Å². The van der Waals surface area contributed by atoms with Gasteiger partial charge in [0.15, 0.2) is 0 Å². The number of rotatable bonds is 11. The highest BCUT2D eigenvalue weighted by molar-refractivity contribution is 6.05. The van der Waals surface area contributed by atoms with E-state index in [2.05, 4.69) is 310 Å². The van der Waals surface area contributed by atoms with Crippen molar-refractivity contribution in [1.29, 1.82) is 0 Å². The maximum Gasteiger partial charge on any atom is 0.0743 e. The van der Waals surface area contributed by atoms with E-state index in [1.54, 1.807) is 0 Å². The lowest BCUT2D eigenvalue weighted by Gasteiger charge is -2.59. The molecule has 1 nitrogen and oxygen atoms in total. The van der Waals surface area contributed by atoms with Crippen LogP contribution in [0.4, 0.5) is 17.1 Å². The first-order chi connectivity index (χ1) is 38.5. The van der Waals surface area contributed by atoms with Crippen molar-refractivity contribution in [1.82, 2.24) is 0 Å². The van der Waals surface area contributed by atoms with E-state index in [-0.39, 0.29) is 5.92 Å². The van der Waals surface area contributed by atoms with E-state index in [0.717, 1.165) is 12.0 Å². The quantitative estimate of drug-likeness (QED) is 0.117. The number of allylic oxidation sites excluding steroid dienone is 9. The summed E-state index contributed by atoms with van der Waals surface area (Å²) in [6, 6.07) is 94.2. The number of hydrogen-bond acceptors (Lipinski definition) is 1.